The monoisotopic (exact) mass is 278 g/mol. The van der Waals surface area contributed by atoms with Crippen molar-refractivity contribution in [1.29, 1.82) is 0 Å². The van der Waals surface area contributed by atoms with Gasteiger partial charge in [-0.2, -0.15) is 8.78 Å². The zero-order valence-electron chi connectivity index (χ0n) is 10.3. The number of benzene rings is 2. The van der Waals surface area contributed by atoms with Crippen LogP contribution in [-0.2, 0) is 0 Å². The number of para-hydroxylation sites is 2. The van der Waals surface area contributed by atoms with Gasteiger partial charge in [0.15, 0.2) is 0 Å². The fourth-order valence-corrected chi connectivity index (χ4v) is 1.57. The minimum atomic E-state index is -2.98. The summed E-state index contributed by atoms with van der Waals surface area (Å²) in [6.07, 6.45) is 0. The lowest BCUT2D eigenvalue weighted by molar-refractivity contribution is -0.0501. The number of nitrogens with one attached hydrogen (secondary N) is 2. The molecule has 0 aliphatic carbocycles. The summed E-state index contributed by atoms with van der Waals surface area (Å²) in [6, 6.07) is 14.7. The number of anilines is 1. The highest BCUT2D eigenvalue weighted by atomic mass is 19.3. The maximum absolute atomic E-state index is 12.2. The first-order valence-electron chi connectivity index (χ1n) is 5.82. The van der Waals surface area contributed by atoms with Crippen molar-refractivity contribution in [1.82, 2.24) is 5.43 Å². The zero-order valence-corrected chi connectivity index (χ0v) is 10.3. The molecule has 2 N–H and O–H groups in total. The molecule has 0 heterocycles. The number of hydrogen-bond donors (Lipinski definition) is 2. The van der Waals surface area contributed by atoms with E-state index in [4.69, 9.17) is 0 Å². The second-order valence-corrected chi connectivity index (χ2v) is 3.82. The maximum Gasteiger partial charge on any atom is 0.387 e. The summed E-state index contributed by atoms with van der Waals surface area (Å²) >= 11 is 0. The van der Waals surface area contributed by atoms with Crippen molar-refractivity contribution in [2.45, 2.75) is 6.61 Å². The number of rotatable bonds is 5. The lowest BCUT2D eigenvalue weighted by Crippen LogP contribution is -2.29. The smallest absolute Gasteiger partial charge is 0.387 e. The Kier molecular flexibility index (Phi) is 4.49. The number of hydrazine groups is 1. The van der Waals surface area contributed by atoms with Crippen molar-refractivity contribution in [3.05, 3.63) is 60.2 Å². The largest absolute Gasteiger partial charge is 0.434 e. The van der Waals surface area contributed by atoms with Crippen LogP contribution in [0.25, 0.3) is 0 Å². The molecule has 6 heteroatoms. The number of carbonyl (C=O) groups is 1. The van der Waals surface area contributed by atoms with E-state index in [2.05, 4.69) is 15.6 Å². The second-order valence-electron chi connectivity index (χ2n) is 3.82. The van der Waals surface area contributed by atoms with Crippen molar-refractivity contribution in [2.75, 3.05) is 5.43 Å². The first-order valence-corrected chi connectivity index (χ1v) is 5.82. The SMILES string of the molecule is O=C(NNc1ccccc1)c1ccccc1OC(F)F. The third-order valence-corrected chi connectivity index (χ3v) is 2.44. The van der Waals surface area contributed by atoms with Crippen molar-refractivity contribution in [2.24, 2.45) is 0 Å². The first-order chi connectivity index (χ1) is 9.66. The molecule has 0 aliphatic rings. The van der Waals surface area contributed by atoms with Gasteiger partial charge in [-0.25, -0.2) is 0 Å². The number of alkyl halides is 2. The molecule has 0 unspecified atom stereocenters. The Balaban J connectivity index is 2.05. The Morgan fingerprint density at radius 1 is 1.00 bits per heavy atom. The Morgan fingerprint density at radius 3 is 2.35 bits per heavy atom. The molecule has 0 aromatic heterocycles. The lowest BCUT2D eigenvalue weighted by Gasteiger charge is -2.12. The lowest BCUT2D eigenvalue weighted by atomic mass is 10.2. The number of amides is 1. The molecule has 20 heavy (non-hydrogen) atoms. The minimum Gasteiger partial charge on any atom is -0.434 e. The van der Waals surface area contributed by atoms with Gasteiger partial charge in [0, 0.05) is 0 Å². The van der Waals surface area contributed by atoms with Gasteiger partial charge >= 0.3 is 6.61 Å². The fourth-order valence-electron chi connectivity index (χ4n) is 1.57. The number of ether oxygens (including phenoxy) is 1. The molecule has 2 rings (SSSR count). The van der Waals surface area contributed by atoms with E-state index in [1.807, 2.05) is 6.07 Å². The molecule has 2 aromatic carbocycles. The molecule has 104 valence electrons. The highest BCUT2D eigenvalue weighted by Gasteiger charge is 2.14. The maximum atomic E-state index is 12.2. The van der Waals surface area contributed by atoms with E-state index in [9.17, 15) is 13.6 Å². The average Bonchev–Trinajstić information content (AvgIpc) is 2.46. The summed E-state index contributed by atoms with van der Waals surface area (Å²) in [5, 5.41) is 0. The summed E-state index contributed by atoms with van der Waals surface area (Å²) < 4.78 is 28.8. The van der Waals surface area contributed by atoms with E-state index in [1.165, 1.54) is 18.2 Å². The molecular weight excluding hydrogens is 266 g/mol. The Bertz CT molecular complexity index is 576. The van der Waals surface area contributed by atoms with Gasteiger partial charge < -0.3 is 4.74 Å². The van der Waals surface area contributed by atoms with Gasteiger partial charge in [0.05, 0.1) is 11.3 Å². The Morgan fingerprint density at radius 2 is 1.65 bits per heavy atom. The van der Waals surface area contributed by atoms with Crippen molar-refractivity contribution in [3.63, 3.8) is 0 Å². The van der Waals surface area contributed by atoms with Crippen molar-refractivity contribution < 1.29 is 18.3 Å². The van der Waals surface area contributed by atoms with Crippen molar-refractivity contribution >= 4 is 11.6 Å². The van der Waals surface area contributed by atoms with E-state index in [0.29, 0.717) is 5.69 Å². The Labute approximate surface area is 114 Å². The zero-order chi connectivity index (χ0) is 14.4. The van der Waals surface area contributed by atoms with Crippen LogP contribution in [0.15, 0.2) is 54.6 Å². The van der Waals surface area contributed by atoms with Gasteiger partial charge in [-0.3, -0.25) is 15.6 Å². The van der Waals surface area contributed by atoms with Crippen LogP contribution >= 0.6 is 0 Å². The van der Waals surface area contributed by atoms with Crippen LogP contribution < -0.4 is 15.6 Å². The van der Waals surface area contributed by atoms with Crippen LogP contribution in [-0.4, -0.2) is 12.5 Å². The molecule has 0 fully saturated rings. The number of carbonyl (C=O) groups excluding carboxylic acids is 1. The highest BCUT2D eigenvalue weighted by Crippen LogP contribution is 2.20. The molecule has 0 bridgehead atoms. The molecule has 1 amide bonds. The quantitative estimate of drug-likeness (QED) is 0.826. The predicted octanol–water partition coefficient (Wildman–Crippen LogP) is 3.04. The third-order valence-electron chi connectivity index (χ3n) is 2.44. The van der Waals surface area contributed by atoms with Crippen molar-refractivity contribution in [3.8, 4) is 5.75 Å². The van der Waals surface area contributed by atoms with E-state index in [1.54, 1.807) is 30.3 Å². The van der Waals surface area contributed by atoms with E-state index in [0.717, 1.165) is 0 Å². The summed E-state index contributed by atoms with van der Waals surface area (Å²) in [6.45, 7) is -2.98. The van der Waals surface area contributed by atoms with E-state index in [-0.39, 0.29) is 11.3 Å². The van der Waals surface area contributed by atoms with Crippen LogP contribution in [0, 0.1) is 0 Å². The van der Waals surface area contributed by atoms with Gasteiger partial charge in [0.25, 0.3) is 5.91 Å². The van der Waals surface area contributed by atoms with Gasteiger partial charge in [-0.05, 0) is 24.3 Å². The van der Waals surface area contributed by atoms with Gasteiger partial charge in [-0.15, -0.1) is 0 Å². The molecule has 0 saturated heterocycles. The molecular formula is C14H12F2N2O2. The second kappa shape index (κ2) is 6.51. The minimum absolute atomic E-state index is 0.0243. The topological polar surface area (TPSA) is 50.4 Å². The first kappa shape index (κ1) is 13.8. The summed E-state index contributed by atoms with van der Waals surface area (Å²) in [7, 11) is 0. The number of hydrogen-bond acceptors (Lipinski definition) is 3. The summed E-state index contributed by atoms with van der Waals surface area (Å²) in [4.78, 5) is 11.9. The third kappa shape index (κ3) is 3.68. The normalized spacial score (nSPS) is 10.2. The average molecular weight is 278 g/mol. The molecule has 2 aromatic rings. The summed E-state index contributed by atoms with van der Waals surface area (Å²) in [5.74, 6) is -0.736. The number of halogens is 2. The van der Waals surface area contributed by atoms with Crippen LogP contribution in [0.1, 0.15) is 10.4 Å². The van der Waals surface area contributed by atoms with Crippen LogP contribution in [0.2, 0.25) is 0 Å². The Hall–Kier alpha value is -2.63. The molecule has 0 spiro atoms. The molecule has 0 saturated carbocycles. The molecule has 0 atom stereocenters. The fraction of sp³-hybridized carbons (Fsp3) is 0.0714. The predicted molar refractivity (Wildman–Crippen MR) is 70.6 cm³/mol. The molecule has 4 nitrogen and oxygen atoms in total. The van der Waals surface area contributed by atoms with Crippen LogP contribution in [0.3, 0.4) is 0 Å². The van der Waals surface area contributed by atoms with E-state index < -0.39 is 12.5 Å². The van der Waals surface area contributed by atoms with Crippen LogP contribution in [0.5, 0.6) is 5.75 Å². The van der Waals surface area contributed by atoms with Gasteiger partial charge in [-0.1, -0.05) is 30.3 Å². The molecule has 0 aliphatic heterocycles. The van der Waals surface area contributed by atoms with Gasteiger partial charge in [0.1, 0.15) is 5.75 Å². The standard InChI is InChI=1S/C14H12F2N2O2/c15-14(16)20-12-9-5-4-8-11(12)13(19)18-17-10-6-2-1-3-7-10/h1-9,14,17H,(H,18,19). The summed E-state index contributed by atoms with van der Waals surface area (Å²) in [5.41, 5.74) is 5.79. The van der Waals surface area contributed by atoms with Crippen LogP contribution in [0.4, 0.5) is 14.5 Å². The highest BCUT2D eigenvalue weighted by molar-refractivity contribution is 5.97. The van der Waals surface area contributed by atoms with Gasteiger partial charge in [0.2, 0.25) is 0 Å². The molecule has 0 radical (unpaired) electrons. The van der Waals surface area contributed by atoms with E-state index >= 15 is 0 Å².